The number of benzene rings is 1. The number of halogens is 1. The van der Waals surface area contributed by atoms with Crippen LogP contribution in [0.5, 0.6) is 0 Å². The molecule has 0 aliphatic carbocycles. The molecule has 102 valence electrons. The molecule has 1 N–H and O–H groups in total. The first-order valence-corrected chi connectivity index (χ1v) is 7.19. The predicted octanol–water partition coefficient (Wildman–Crippen LogP) is 3.49. The fourth-order valence-electron chi connectivity index (χ4n) is 2.28. The van der Waals surface area contributed by atoms with E-state index in [2.05, 4.69) is 59.2 Å². The van der Waals surface area contributed by atoms with Crippen molar-refractivity contribution in [3.05, 3.63) is 39.0 Å². The van der Waals surface area contributed by atoms with Gasteiger partial charge in [0.25, 0.3) is 0 Å². The van der Waals surface area contributed by atoms with E-state index in [9.17, 15) is 0 Å². The van der Waals surface area contributed by atoms with Crippen LogP contribution in [0.3, 0.4) is 0 Å². The van der Waals surface area contributed by atoms with Crippen molar-refractivity contribution in [3.8, 4) is 11.3 Å². The monoisotopic (exact) mass is 321 g/mol. The van der Waals surface area contributed by atoms with Crippen molar-refractivity contribution < 1.29 is 0 Å². The van der Waals surface area contributed by atoms with Gasteiger partial charge in [-0.25, -0.2) is 0 Å². The number of aromatic nitrogens is 2. The largest absolute Gasteiger partial charge is 0.314 e. The molecule has 1 aromatic carbocycles. The van der Waals surface area contributed by atoms with Crippen LogP contribution in [0.2, 0.25) is 0 Å². The normalized spacial score (nSPS) is 11.1. The number of rotatable bonds is 3. The number of aryl methyl sites for hydroxylation is 4. The summed E-state index contributed by atoms with van der Waals surface area (Å²) in [7, 11) is 3.93. The first-order valence-electron chi connectivity index (χ1n) is 6.40. The third-order valence-electron chi connectivity index (χ3n) is 3.54. The quantitative estimate of drug-likeness (QED) is 0.937. The molecule has 0 bridgehead atoms. The van der Waals surface area contributed by atoms with Crippen molar-refractivity contribution in [1.82, 2.24) is 15.1 Å². The van der Waals surface area contributed by atoms with Crippen LogP contribution in [0.4, 0.5) is 0 Å². The maximum atomic E-state index is 4.66. The van der Waals surface area contributed by atoms with E-state index in [4.69, 9.17) is 0 Å². The van der Waals surface area contributed by atoms with E-state index in [1.165, 1.54) is 22.3 Å². The number of nitrogens with zero attached hydrogens (tertiary/aromatic N) is 2. The van der Waals surface area contributed by atoms with Gasteiger partial charge >= 0.3 is 0 Å². The van der Waals surface area contributed by atoms with Crippen molar-refractivity contribution in [2.75, 3.05) is 7.05 Å². The first kappa shape index (κ1) is 14.3. The van der Waals surface area contributed by atoms with Gasteiger partial charge in [-0.1, -0.05) is 6.07 Å². The zero-order valence-corrected chi connectivity index (χ0v) is 13.7. The van der Waals surface area contributed by atoms with Crippen LogP contribution < -0.4 is 5.32 Å². The lowest BCUT2D eigenvalue weighted by Crippen LogP contribution is -2.10. The molecule has 0 radical (unpaired) electrons. The Labute approximate surface area is 123 Å². The molecule has 1 heterocycles. The second-order valence-electron chi connectivity index (χ2n) is 5.01. The standard InChI is InChI=1S/C15H20BrN3/c1-9-6-11(3)12(7-10(9)2)15-14(16)13(8-17-4)19(5)18-15/h6-7,17H,8H2,1-5H3. The highest BCUT2D eigenvalue weighted by molar-refractivity contribution is 9.10. The van der Waals surface area contributed by atoms with Gasteiger partial charge in [0.05, 0.1) is 10.2 Å². The van der Waals surface area contributed by atoms with Crippen LogP contribution in [0.25, 0.3) is 11.3 Å². The highest BCUT2D eigenvalue weighted by atomic mass is 79.9. The molecule has 1 aromatic heterocycles. The van der Waals surface area contributed by atoms with Gasteiger partial charge in [0.15, 0.2) is 0 Å². The fourth-order valence-corrected chi connectivity index (χ4v) is 2.97. The first-order chi connectivity index (χ1) is 8.95. The molecule has 0 saturated heterocycles. The molecular formula is C15H20BrN3. The Morgan fingerprint density at radius 3 is 2.42 bits per heavy atom. The van der Waals surface area contributed by atoms with E-state index in [-0.39, 0.29) is 0 Å². The Hall–Kier alpha value is -1.13. The average molecular weight is 322 g/mol. The summed E-state index contributed by atoms with van der Waals surface area (Å²) in [5.41, 5.74) is 7.27. The summed E-state index contributed by atoms with van der Waals surface area (Å²) in [4.78, 5) is 0. The summed E-state index contributed by atoms with van der Waals surface area (Å²) >= 11 is 3.69. The van der Waals surface area contributed by atoms with Gasteiger partial charge in [-0.2, -0.15) is 5.10 Å². The smallest absolute Gasteiger partial charge is 0.107 e. The third-order valence-corrected chi connectivity index (χ3v) is 4.38. The molecule has 19 heavy (non-hydrogen) atoms. The summed E-state index contributed by atoms with van der Waals surface area (Å²) < 4.78 is 3.01. The van der Waals surface area contributed by atoms with E-state index in [0.717, 1.165) is 22.4 Å². The number of nitrogens with one attached hydrogen (secondary N) is 1. The maximum absolute atomic E-state index is 4.66. The molecule has 0 aliphatic rings. The minimum absolute atomic E-state index is 0.800. The third kappa shape index (κ3) is 2.60. The predicted molar refractivity (Wildman–Crippen MR) is 83.3 cm³/mol. The van der Waals surface area contributed by atoms with Crippen LogP contribution >= 0.6 is 15.9 Å². The lowest BCUT2D eigenvalue weighted by Gasteiger charge is -2.08. The highest BCUT2D eigenvalue weighted by Crippen LogP contribution is 2.33. The van der Waals surface area contributed by atoms with E-state index >= 15 is 0 Å². The fraction of sp³-hybridized carbons (Fsp3) is 0.400. The molecule has 0 aliphatic heterocycles. The molecule has 0 atom stereocenters. The van der Waals surface area contributed by atoms with E-state index < -0.39 is 0 Å². The Morgan fingerprint density at radius 1 is 1.16 bits per heavy atom. The van der Waals surface area contributed by atoms with Crippen molar-refractivity contribution >= 4 is 15.9 Å². The summed E-state index contributed by atoms with van der Waals surface area (Å²) in [5.74, 6) is 0. The Bertz CT molecular complexity index is 614. The Kier molecular flexibility index (Phi) is 4.11. The highest BCUT2D eigenvalue weighted by Gasteiger charge is 2.16. The topological polar surface area (TPSA) is 29.9 Å². The van der Waals surface area contributed by atoms with Crippen molar-refractivity contribution in [2.45, 2.75) is 27.3 Å². The lowest BCUT2D eigenvalue weighted by atomic mass is 9.99. The van der Waals surface area contributed by atoms with Gasteiger partial charge in [0, 0.05) is 19.2 Å². The molecule has 0 fully saturated rings. The van der Waals surface area contributed by atoms with Crippen LogP contribution in [-0.4, -0.2) is 16.8 Å². The van der Waals surface area contributed by atoms with Gasteiger partial charge in [-0.3, -0.25) is 4.68 Å². The van der Waals surface area contributed by atoms with Crippen LogP contribution in [0.1, 0.15) is 22.4 Å². The molecule has 0 saturated carbocycles. The van der Waals surface area contributed by atoms with Crippen molar-refractivity contribution in [2.24, 2.45) is 7.05 Å². The average Bonchev–Trinajstić information content (AvgIpc) is 2.62. The summed E-state index contributed by atoms with van der Waals surface area (Å²) in [6, 6.07) is 4.45. The number of hydrogen-bond donors (Lipinski definition) is 1. The van der Waals surface area contributed by atoms with Crippen LogP contribution in [0, 0.1) is 20.8 Å². The SMILES string of the molecule is CNCc1c(Br)c(-c2cc(C)c(C)cc2C)nn1C. The van der Waals surface area contributed by atoms with Crippen LogP contribution in [0.15, 0.2) is 16.6 Å². The Morgan fingerprint density at radius 2 is 1.79 bits per heavy atom. The minimum atomic E-state index is 0.800. The van der Waals surface area contributed by atoms with E-state index in [1.807, 2.05) is 18.8 Å². The number of hydrogen-bond acceptors (Lipinski definition) is 2. The molecule has 0 spiro atoms. The molecule has 2 aromatic rings. The van der Waals surface area contributed by atoms with Crippen LogP contribution in [-0.2, 0) is 13.6 Å². The zero-order valence-electron chi connectivity index (χ0n) is 12.1. The lowest BCUT2D eigenvalue weighted by molar-refractivity contribution is 0.671. The Balaban J connectivity index is 2.60. The molecule has 2 rings (SSSR count). The summed E-state index contributed by atoms with van der Waals surface area (Å²) in [6.45, 7) is 7.23. The molecular weight excluding hydrogens is 302 g/mol. The van der Waals surface area contributed by atoms with E-state index in [0.29, 0.717) is 0 Å². The van der Waals surface area contributed by atoms with Gasteiger partial charge in [-0.05, 0) is 66.5 Å². The van der Waals surface area contributed by atoms with Crippen molar-refractivity contribution in [3.63, 3.8) is 0 Å². The molecule has 0 unspecified atom stereocenters. The summed E-state index contributed by atoms with van der Waals surface area (Å²) in [6.07, 6.45) is 0. The maximum Gasteiger partial charge on any atom is 0.107 e. The minimum Gasteiger partial charge on any atom is -0.314 e. The molecule has 3 nitrogen and oxygen atoms in total. The van der Waals surface area contributed by atoms with Gasteiger partial charge in [-0.15, -0.1) is 0 Å². The van der Waals surface area contributed by atoms with Crippen molar-refractivity contribution in [1.29, 1.82) is 0 Å². The van der Waals surface area contributed by atoms with Gasteiger partial charge in [0.2, 0.25) is 0 Å². The van der Waals surface area contributed by atoms with Gasteiger partial charge < -0.3 is 5.32 Å². The summed E-state index contributed by atoms with van der Waals surface area (Å²) in [5, 5.41) is 7.84. The van der Waals surface area contributed by atoms with Gasteiger partial charge in [0.1, 0.15) is 5.69 Å². The second-order valence-corrected chi connectivity index (χ2v) is 5.81. The second kappa shape index (κ2) is 5.47. The molecule has 4 heteroatoms. The zero-order chi connectivity index (χ0) is 14.2. The molecule has 0 amide bonds. The van der Waals surface area contributed by atoms with E-state index in [1.54, 1.807) is 0 Å².